The normalized spacial score (nSPS) is 12.0. The van der Waals surface area contributed by atoms with Gasteiger partial charge in [-0.15, -0.1) is 0 Å². The average molecular weight is 479 g/mol. The van der Waals surface area contributed by atoms with Gasteiger partial charge in [0.15, 0.2) is 6.10 Å². The smallest absolute Gasteiger partial charge is 0.265 e. The Balaban J connectivity index is 1.77. The Morgan fingerprint density at radius 2 is 1.72 bits per heavy atom. The van der Waals surface area contributed by atoms with Crippen molar-refractivity contribution in [1.82, 2.24) is 0 Å². The number of benzene rings is 3. The van der Waals surface area contributed by atoms with Gasteiger partial charge in [-0.3, -0.25) is 9.52 Å². The Kier molecular flexibility index (Phi) is 7.22. The molecule has 168 valence electrons. The highest BCUT2D eigenvalue weighted by Crippen LogP contribution is 2.30. The van der Waals surface area contributed by atoms with Crippen molar-refractivity contribution in [1.29, 1.82) is 0 Å². The van der Waals surface area contributed by atoms with Gasteiger partial charge in [-0.1, -0.05) is 23.7 Å². The van der Waals surface area contributed by atoms with Gasteiger partial charge in [-0.05, 0) is 61.5 Å². The number of ether oxygens (including phenoxy) is 2. The number of methoxy groups -OCH3 is 1. The van der Waals surface area contributed by atoms with Crippen LogP contribution in [0.2, 0.25) is 5.02 Å². The van der Waals surface area contributed by atoms with Gasteiger partial charge < -0.3 is 14.8 Å². The number of nitrogens with one attached hydrogen (secondary N) is 2. The van der Waals surface area contributed by atoms with E-state index in [9.17, 15) is 17.6 Å². The van der Waals surface area contributed by atoms with Crippen molar-refractivity contribution >= 4 is 38.9 Å². The summed E-state index contributed by atoms with van der Waals surface area (Å²) < 4.78 is 51.6. The van der Waals surface area contributed by atoms with Crippen LogP contribution in [0, 0.1) is 5.82 Å². The molecule has 0 fully saturated rings. The summed E-state index contributed by atoms with van der Waals surface area (Å²) in [5.41, 5.74) is 0.400. The van der Waals surface area contributed by atoms with Gasteiger partial charge in [0.25, 0.3) is 15.9 Å². The molecule has 0 saturated heterocycles. The highest BCUT2D eigenvalue weighted by atomic mass is 35.5. The van der Waals surface area contributed by atoms with Crippen molar-refractivity contribution in [2.24, 2.45) is 0 Å². The minimum Gasteiger partial charge on any atom is -0.495 e. The zero-order valence-electron chi connectivity index (χ0n) is 17.1. The average Bonchev–Trinajstić information content (AvgIpc) is 2.75. The molecule has 0 aromatic heterocycles. The lowest BCUT2D eigenvalue weighted by molar-refractivity contribution is -0.122. The Morgan fingerprint density at radius 3 is 2.38 bits per heavy atom. The molecule has 1 unspecified atom stereocenters. The predicted molar refractivity (Wildman–Crippen MR) is 120 cm³/mol. The lowest BCUT2D eigenvalue weighted by Gasteiger charge is -2.17. The molecule has 0 aliphatic rings. The van der Waals surface area contributed by atoms with Crippen molar-refractivity contribution in [2.45, 2.75) is 17.9 Å². The van der Waals surface area contributed by atoms with Gasteiger partial charge in [-0.25, -0.2) is 12.8 Å². The molecule has 2 N–H and O–H groups in total. The molecule has 0 heterocycles. The zero-order valence-corrected chi connectivity index (χ0v) is 18.7. The molecule has 3 aromatic rings. The molecule has 0 spiro atoms. The first-order chi connectivity index (χ1) is 15.2. The van der Waals surface area contributed by atoms with Crippen LogP contribution in [0.3, 0.4) is 0 Å². The van der Waals surface area contributed by atoms with E-state index in [1.54, 1.807) is 37.3 Å². The van der Waals surface area contributed by atoms with E-state index in [1.165, 1.54) is 19.2 Å². The summed E-state index contributed by atoms with van der Waals surface area (Å²) in [6.07, 6.45) is -0.878. The van der Waals surface area contributed by atoms with Crippen LogP contribution in [0.1, 0.15) is 6.92 Å². The molecule has 32 heavy (non-hydrogen) atoms. The third-order valence-corrected chi connectivity index (χ3v) is 6.04. The van der Waals surface area contributed by atoms with Crippen molar-refractivity contribution in [3.8, 4) is 11.5 Å². The van der Waals surface area contributed by atoms with Crippen LogP contribution in [0.15, 0.2) is 71.6 Å². The van der Waals surface area contributed by atoms with Gasteiger partial charge in [-0.2, -0.15) is 0 Å². The fourth-order valence-electron chi connectivity index (χ4n) is 2.71. The molecule has 0 bridgehead atoms. The van der Waals surface area contributed by atoms with Crippen LogP contribution in [0.4, 0.5) is 15.8 Å². The maximum absolute atomic E-state index is 13.1. The van der Waals surface area contributed by atoms with Crippen molar-refractivity contribution in [3.05, 3.63) is 77.6 Å². The number of para-hydroxylation sites is 1. The summed E-state index contributed by atoms with van der Waals surface area (Å²) in [6, 6.07) is 15.6. The van der Waals surface area contributed by atoms with Crippen molar-refractivity contribution in [2.75, 3.05) is 17.1 Å². The quantitative estimate of drug-likeness (QED) is 0.489. The zero-order chi connectivity index (χ0) is 23.3. The van der Waals surface area contributed by atoms with E-state index in [4.69, 9.17) is 21.1 Å². The maximum Gasteiger partial charge on any atom is 0.265 e. The number of hydrogen-bond donors (Lipinski definition) is 2. The Bertz CT molecular complexity index is 1220. The predicted octanol–water partition coefficient (Wildman–Crippen LogP) is 4.69. The summed E-state index contributed by atoms with van der Waals surface area (Å²) in [5.74, 6) is -0.435. The summed E-state index contributed by atoms with van der Waals surface area (Å²) in [7, 11) is -2.64. The molecule has 0 aliphatic heterocycles. The lowest BCUT2D eigenvalue weighted by Crippen LogP contribution is -2.30. The number of amides is 1. The fraction of sp³-hybridized carbons (Fsp3) is 0.136. The van der Waals surface area contributed by atoms with E-state index in [0.29, 0.717) is 16.5 Å². The first-order valence-corrected chi connectivity index (χ1v) is 11.2. The number of carbonyl (C=O) groups is 1. The van der Waals surface area contributed by atoms with Crippen LogP contribution in [0.25, 0.3) is 0 Å². The Hall–Kier alpha value is -3.30. The first-order valence-electron chi connectivity index (χ1n) is 9.38. The third-order valence-electron chi connectivity index (χ3n) is 4.34. The lowest BCUT2D eigenvalue weighted by atomic mass is 10.2. The molecule has 0 aliphatic carbocycles. The van der Waals surface area contributed by atoms with Crippen LogP contribution < -0.4 is 19.5 Å². The van der Waals surface area contributed by atoms with Crippen LogP contribution in [-0.4, -0.2) is 27.5 Å². The fourth-order valence-corrected chi connectivity index (χ4v) is 3.95. The van der Waals surface area contributed by atoms with E-state index < -0.39 is 27.9 Å². The van der Waals surface area contributed by atoms with E-state index >= 15 is 0 Å². The number of rotatable bonds is 8. The molecule has 7 nitrogen and oxygen atoms in total. The summed E-state index contributed by atoms with van der Waals surface area (Å²) in [6.45, 7) is 1.56. The molecular weight excluding hydrogens is 459 g/mol. The molecule has 1 amide bonds. The van der Waals surface area contributed by atoms with Crippen molar-refractivity contribution in [3.63, 3.8) is 0 Å². The molecule has 3 aromatic carbocycles. The second kappa shape index (κ2) is 9.88. The number of anilines is 2. The standard InChI is InChI=1S/C22H20ClFN2O5S/c1-14(31-20-6-4-3-5-18(20)23)22(27)25-16-9-12-21(30-2)19(13-16)26-32(28,29)17-10-7-15(24)8-11-17/h3-14,26H,1-2H3,(H,25,27). The van der Waals surface area contributed by atoms with E-state index in [2.05, 4.69) is 10.0 Å². The summed E-state index contributed by atoms with van der Waals surface area (Å²) >= 11 is 6.05. The van der Waals surface area contributed by atoms with E-state index in [-0.39, 0.29) is 16.3 Å². The highest BCUT2D eigenvalue weighted by molar-refractivity contribution is 7.92. The summed E-state index contributed by atoms with van der Waals surface area (Å²) in [4.78, 5) is 12.4. The van der Waals surface area contributed by atoms with Crippen LogP contribution in [-0.2, 0) is 14.8 Å². The molecule has 0 saturated carbocycles. The third kappa shape index (κ3) is 5.68. The Labute approximate surface area is 190 Å². The SMILES string of the molecule is COc1ccc(NC(=O)C(C)Oc2ccccc2Cl)cc1NS(=O)(=O)c1ccc(F)cc1. The van der Waals surface area contributed by atoms with Crippen molar-refractivity contribution < 1.29 is 27.1 Å². The van der Waals surface area contributed by atoms with E-state index in [1.807, 2.05) is 0 Å². The largest absolute Gasteiger partial charge is 0.495 e. The van der Waals surface area contributed by atoms with Crippen LogP contribution in [0.5, 0.6) is 11.5 Å². The van der Waals surface area contributed by atoms with E-state index in [0.717, 1.165) is 24.3 Å². The topological polar surface area (TPSA) is 93.7 Å². The maximum atomic E-state index is 13.1. The van der Waals surface area contributed by atoms with Gasteiger partial charge in [0, 0.05) is 5.69 Å². The Morgan fingerprint density at radius 1 is 1.03 bits per heavy atom. The number of sulfonamides is 1. The monoisotopic (exact) mass is 478 g/mol. The number of carbonyl (C=O) groups excluding carboxylic acids is 1. The molecule has 0 radical (unpaired) electrons. The first kappa shape index (κ1) is 23.4. The summed E-state index contributed by atoms with van der Waals surface area (Å²) in [5, 5.41) is 3.03. The second-order valence-electron chi connectivity index (χ2n) is 6.65. The number of hydrogen-bond acceptors (Lipinski definition) is 5. The van der Waals surface area contributed by atoms with Gasteiger partial charge in [0.05, 0.1) is 22.7 Å². The van der Waals surface area contributed by atoms with Gasteiger partial charge >= 0.3 is 0 Å². The highest BCUT2D eigenvalue weighted by Gasteiger charge is 2.19. The van der Waals surface area contributed by atoms with Gasteiger partial charge in [0.1, 0.15) is 17.3 Å². The number of halogens is 2. The molecule has 10 heteroatoms. The minimum absolute atomic E-state index is 0.0919. The molecule has 3 rings (SSSR count). The molecule has 1 atom stereocenters. The van der Waals surface area contributed by atoms with Gasteiger partial charge in [0.2, 0.25) is 0 Å². The van der Waals surface area contributed by atoms with Crippen LogP contribution >= 0.6 is 11.6 Å². The minimum atomic E-state index is -4.02. The second-order valence-corrected chi connectivity index (χ2v) is 8.74. The molecular formula is C22H20ClFN2O5S.